The van der Waals surface area contributed by atoms with Crippen LogP contribution in [-0.2, 0) is 11.2 Å². The number of carboxylic acid groups (broad SMARTS) is 1. The Balaban J connectivity index is 3.07. The minimum absolute atomic E-state index is 0.235. The van der Waals surface area contributed by atoms with Crippen molar-refractivity contribution in [2.45, 2.75) is 19.4 Å². The van der Waals surface area contributed by atoms with Gasteiger partial charge in [0.1, 0.15) is 11.8 Å². The first-order valence-corrected chi connectivity index (χ1v) is 5.56. The Kier molecular flexibility index (Phi) is 4.32. The zero-order valence-electron chi connectivity index (χ0n) is 9.16. The number of ether oxygens (including phenoxy) is 1. The molecular formula is C11H14BrNO3. The third-order valence-electron chi connectivity index (χ3n) is 2.26. The molecule has 0 aliphatic carbocycles. The summed E-state index contributed by atoms with van der Waals surface area (Å²) in [7, 11) is 1.55. The third-order valence-corrected chi connectivity index (χ3v) is 2.97. The summed E-state index contributed by atoms with van der Waals surface area (Å²) in [6.45, 7) is 1.94. The van der Waals surface area contributed by atoms with Gasteiger partial charge in [0.15, 0.2) is 0 Å². The number of halogens is 1. The number of carboxylic acids is 1. The highest BCUT2D eigenvalue weighted by Gasteiger charge is 2.17. The highest BCUT2D eigenvalue weighted by Crippen LogP contribution is 2.29. The van der Waals surface area contributed by atoms with Gasteiger partial charge >= 0.3 is 5.97 Å². The van der Waals surface area contributed by atoms with Crippen LogP contribution >= 0.6 is 15.9 Å². The van der Waals surface area contributed by atoms with E-state index in [4.69, 9.17) is 15.6 Å². The van der Waals surface area contributed by atoms with Crippen molar-refractivity contribution in [2.24, 2.45) is 5.73 Å². The van der Waals surface area contributed by atoms with Gasteiger partial charge in [0, 0.05) is 16.5 Å². The number of nitrogens with two attached hydrogens (primary N) is 1. The molecule has 1 atom stereocenters. The van der Waals surface area contributed by atoms with E-state index >= 15 is 0 Å². The van der Waals surface area contributed by atoms with Crippen LogP contribution in [0.25, 0.3) is 0 Å². The largest absolute Gasteiger partial charge is 0.496 e. The highest BCUT2D eigenvalue weighted by molar-refractivity contribution is 9.10. The summed E-state index contributed by atoms with van der Waals surface area (Å²) in [4.78, 5) is 10.7. The molecule has 1 rings (SSSR count). The molecule has 0 bridgehead atoms. The molecule has 0 radical (unpaired) electrons. The molecule has 0 saturated carbocycles. The summed E-state index contributed by atoms with van der Waals surface area (Å²) in [6.07, 6.45) is 0.235. The lowest BCUT2D eigenvalue weighted by molar-refractivity contribution is -0.138. The first-order valence-electron chi connectivity index (χ1n) is 4.77. The molecule has 0 amide bonds. The Morgan fingerprint density at radius 3 is 2.75 bits per heavy atom. The van der Waals surface area contributed by atoms with Crippen LogP contribution in [0.2, 0.25) is 0 Å². The molecule has 0 aliphatic heterocycles. The van der Waals surface area contributed by atoms with Crippen LogP contribution in [0.15, 0.2) is 16.6 Å². The van der Waals surface area contributed by atoms with E-state index in [0.29, 0.717) is 5.75 Å². The van der Waals surface area contributed by atoms with Crippen LogP contribution in [0.4, 0.5) is 0 Å². The minimum atomic E-state index is -1.02. The first kappa shape index (κ1) is 13.0. The maximum absolute atomic E-state index is 10.7. The van der Waals surface area contributed by atoms with E-state index in [-0.39, 0.29) is 6.42 Å². The van der Waals surface area contributed by atoms with Crippen molar-refractivity contribution in [3.63, 3.8) is 0 Å². The van der Waals surface area contributed by atoms with E-state index in [1.807, 2.05) is 19.1 Å². The van der Waals surface area contributed by atoms with Crippen LogP contribution in [0.3, 0.4) is 0 Å². The van der Waals surface area contributed by atoms with Gasteiger partial charge in [0.25, 0.3) is 0 Å². The number of aryl methyl sites for hydroxylation is 1. The topological polar surface area (TPSA) is 72.5 Å². The summed E-state index contributed by atoms with van der Waals surface area (Å²) in [5, 5.41) is 8.77. The van der Waals surface area contributed by atoms with Gasteiger partial charge in [0.2, 0.25) is 0 Å². The van der Waals surface area contributed by atoms with Gasteiger partial charge in [-0.25, -0.2) is 0 Å². The number of hydrogen-bond acceptors (Lipinski definition) is 3. The number of carbonyl (C=O) groups is 1. The van der Waals surface area contributed by atoms with Crippen LogP contribution in [0.1, 0.15) is 11.1 Å². The lowest BCUT2D eigenvalue weighted by Gasteiger charge is -2.14. The van der Waals surface area contributed by atoms with Gasteiger partial charge in [0.05, 0.1) is 7.11 Å². The molecule has 0 aliphatic rings. The summed E-state index contributed by atoms with van der Waals surface area (Å²) >= 11 is 3.39. The van der Waals surface area contributed by atoms with Gasteiger partial charge in [-0.05, 0) is 24.6 Å². The number of aliphatic carboxylic acids is 1. The van der Waals surface area contributed by atoms with E-state index in [2.05, 4.69) is 15.9 Å². The fraction of sp³-hybridized carbons (Fsp3) is 0.364. The van der Waals surface area contributed by atoms with Crippen LogP contribution < -0.4 is 10.5 Å². The average molecular weight is 288 g/mol. The molecule has 0 saturated heterocycles. The smallest absolute Gasteiger partial charge is 0.320 e. The van der Waals surface area contributed by atoms with Crippen molar-refractivity contribution in [2.75, 3.05) is 7.11 Å². The summed E-state index contributed by atoms with van der Waals surface area (Å²) in [5.74, 6) is -0.363. The lowest BCUT2D eigenvalue weighted by atomic mass is 10.0. The Hall–Kier alpha value is -1.07. The normalized spacial score (nSPS) is 12.2. The van der Waals surface area contributed by atoms with Gasteiger partial charge in [-0.3, -0.25) is 4.79 Å². The fourth-order valence-electron chi connectivity index (χ4n) is 1.43. The Morgan fingerprint density at radius 2 is 2.25 bits per heavy atom. The molecule has 1 aromatic rings. The first-order chi connectivity index (χ1) is 7.45. The second kappa shape index (κ2) is 5.32. The van der Waals surface area contributed by atoms with Crippen molar-refractivity contribution in [1.29, 1.82) is 0 Å². The Morgan fingerprint density at radius 1 is 1.62 bits per heavy atom. The van der Waals surface area contributed by atoms with Gasteiger partial charge in [-0.2, -0.15) is 0 Å². The highest BCUT2D eigenvalue weighted by atomic mass is 79.9. The molecule has 5 heteroatoms. The van der Waals surface area contributed by atoms with Gasteiger partial charge in [-0.1, -0.05) is 15.9 Å². The maximum Gasteiger partial charge on any atom is 0.320 e. The SMILES string of the molecule is COc1cc(C)cc(Br)c1CC(N)C(=O)O. The average Bonchev–Trinajstić information content (AvgIpc) is 2.21. The molecule has 16 heavy (non-hydrogen) atoms. The fourth-order valence-corrected chi connectivity index (χ4v) is 2.15. The molecule has 0 aromatic heterocycles. The minimum Gasteiger partial charge on any atom is -0.496 e. The van der Waals surface area contributed by atoms with Crippen molar-refractivity contribution in [1.82, 2.24) is 0 Å². The zero-order valence-corrected chi connectivity index (χ0v) is 10.7. The number of hydrogen-bond donors (Lipinski definition) is 2. The quantitative estimate of drug-likeness (QED) is 0.885. The second-order valence-electron chi connectivity index (χ2n) is 3.58. The van der Waals surface area contributed by atoms with Gasteiger partial charge in [-0.15, -0.1) is 0 Å². The summed E-state index contributed by atoms with van der Waals surface area (Å²) in [5.41, 5.74) is 7.32. The summed E-state index contributed by atoms with van der Waals surface area (Å²) in [6, 6.07) is 2.84. The maximum atomic E-state index is 10.7. The lowest BCUT2D eigenvalue weighted by Crippen LogP contribution is -2.32. The van der Waals surface area contributed by atoms with E-state index < -0.39 is 12.0 Å². The van der Waals surface area contributed by atoms with E-state index in [0.717, 1.165) is 15.6 Å². The molecule has 0 spiro atoms. The molecule has 0 heterocycles. The predicted octanol–water partition coefficient (Wildman–Crippen LogP) is 1.72. The summed E-state index contributed by atoms with van der Waals surface area (Å²) < 4.78 is 6.03. The number of benzene rings is 1. The second-order valence-corrected chi connectivity index (χ2v) is 4.43. The van der Waals surface area contributed by atoms with Crippen molar-refractivity contribution < 1.29 is 14.6 Å². The molecule has 3 N–H and O–H groups in total. The molecule has 1 unspecified atom stereocenters. The predicted molar refractivity (Wildman–Crippen MR) is 64.7 cm³/mol. The monoisotopic (exact) mass is 287 g/mol. The molecule has 1 aromatic carbocycles. The standard InChI is InChI=1S/C11H14BrNO3/c1-6-3-8(12)7(10(4-6)16-2)5-9(13)11(14)15/h3-4,9H,5,13H2,1-2H3,(H,14,15). The van der Waals surface area contributed by atoms with E-state index in [1.165, 1.54) is 0 Å². The number of rotatable bonds is 4. The van der Waals surface area contributed by atoms with Crippen molar-refractivity contribution in [3.8, 4) is 5.75 Å². The molecule has 0 fully saturated rings. The van der Waals surface area contributed by atoms with Crippen LogP contribution in [0, 0.1) is 6.92 Å². The van der Waals surface area contributed by atoms with E-state index in [1.54, 1.807) is 7.11 Å². The Labute approximate surface area is 103 Å². The van der Waals surface area contributed by atoms with Crippen molar-refractivity contribution >= 4 is 21.9 Å². The zero-order chi connectivity index (χ0) is 12.3. The van der Waals surface area contributed by atoms with Gasteiger partial charge < -0.3 is 15.6 Å². The third kappa shape index (κ3) is 2.96. The molecule has 88 valence electrons. The van der Waals surface area contributed by atoms with E-state index in [9.17, 15) is 4.79 Å². The van der Waals surface area contributed by atoms with Crippen LogP contribution in [-0.4, -0.2) is 24.2 Å². The number of methoxy groups -OCH3 is 1. The molecule has 4 nitrogen and oxygen atoms in total. The van der Waals surface area contributed by atoms with Crippen molar-refractivity contribution in [3.05, 3.63) is 27.7 Å². The Bertz CT molecular complexity index is 406. The van der Waals surface area contributed by atoms with Crippen LogP contribution in [0.5, 0.6) is 5.75 Å². The molecular weight excluding hydrogens is 274 g/mol.